The molecule has 0 radical (unpaired) electrons. The topological polar surface area (TPSA) is 75.3 Å². The average molecular weight is 291 g/mol. The molecule has 2 aromatic heterocycles. The molecular weight excluding hydrogens is 278 g/mol. The van der Waals surface area contributed by atoms with Gasteiger partial charge in [0.1, 0.15) is 16.9 Å². The van der Waals surface area contributed by atoms with Crippen LogP contribution in [0, 0.1) is 18.3 Å². The van der Waals surface area contributed by atoms with E-state index in [1.807, 2.05) is 20.8 Å². The zero-order chi connectivity index (χ0) is 13.8. The fraction of sp³-hybridized carbons (Fsp3) is 0.417. The lowest BCUT2D eigenvalue weighted by atomic mass is 10.1. The summed E-state index contributed by atoms with van der Waals surface area (Å²) in [6, 6.07) is 2.25. The van der Waals surface area contributed by atoms with E-state index < -0.39 is 0 Å². The molecule has 0 spiro atoms. The zero-order valence-electron chi connectivity index (χ0n) is 11.0. The van der Waals surface area contributed by atoms with Crippen molar-refractivity contribution in [3.63, 3.8) is 0 Å². The van der Waals surface area contributed by atoms with Crippen molar-refractivity contribution in [2.75, 3.05) is 0 Å². The molecule has 0 fully saturated rings. The van der Waals surface area contributed by atoms with Crippen LogP contribution in [0.25, 0.3) is 0 Å². The fourth-order valence-electron chi connectivity index (χ4n) is 1.74. The van der Waals surface area contributed by atoms with Gasteiger partial charge in [0, 0.05) is 0 Å². The van der Waals surface area contributed by atoms with Crippen LogP contribution in [0.15, 0.2) is 9.37 Å². The van der Waals surface area contributed by atoms with Gasteiger partial charge >= 0.3 is 0 Å². The van der Waals surface area contributed by atoms with Crippen LogP contribution in [-0.4, -0.2) is 19.6 Å². The quantitative estimate of drug-likeness (QED) is 0.862. The van der Waals surface area contributed by atoms with Crippen molar-refractivity contribution in [2.45, 2.75) is 43.0 Å². The molecule has 0 aliphatic rings. The van der Waals surface area contributed by atoms with E-state index in [2.05, 4.69) is 25.6 Å². The number of nitrogens with zero attached hydrogens (tertiary/aromatic N) is 5. The number of aryl methyl sites for hydroxylation is 2. The van der Waals surface area contributed by atoms with E-state index in [-0.39, 0.29) is 0 Å². The highest BCUT2D eigenvalue weighted by molar-refractivity contribution is 8.00. The van der Waals surface area contributed by atoms with E-state index in [0.29, 0.717) is 10.6 Å². The average Bonchev–Trinajstić information content (AvgIpc) is 2.83. The molecule has 5 nitrogen and oxygen atoms in total. The third kappa shape index (κ3) is 2.91. The molecule has 0 atom stereocenters. The van der Waals surface area contributed by atoms with Crippen molar-refractivity contribution in [3.8, 4) is 6.07 Å². The number of hydrogen-bond donors (Lipinski definition) is 0. The Balaban J connectivity index is 2.43. The third-order valence-electron chi connectivity index (χ3n) is 2.62. The molecular formula is C12H13N5S2. The smallest absolute Gasteiger partial charge is 0.176 e. The normalized spacial score (nSPS) is 10.4. The van der Waals surface area contributed by atoms with E-state index in [9.17, 15) is 5.26 Å². The molecule has 2 aromatic rings. The Morgan fingerprint density at radius 2 is 2.05 bits per heavy atom. The molecule has 0 amide bonds. The Morgan fingerprint density at radius 1 is 1.26 bits per heavy atom. The van der Waals surface area contributed by atoms with Crippen LogP contribution < -0.4 is 0 Å². The largest absolute Gasteiger partial charge is 0.213 e. The monoisotopic (exact) mass is 291 g/mol. The second-order valence-corrected chi connectivity index (χ2v) is 5.82. The van der Waals surface area contributed by atoms with Gasteiger partial charge in [-0.15, -0.1) is 5.10 Å². The first kappa shape index (κ1) is 13.9. The third-order valence-corrected chi connectivity index (χ3v) is 4.44. The van der Waals surface area contributed by atoms with Crippen molar-refractivity contribution in [3.05, 3.63) is 22.6 Å². The van der Waals surface area contributed by atoms with Crippen LogP contribution in [-0.2, 0) is 12.8 Å². The first-order chi connectivity index (χ1) is 9.19. The molecule has 0 saturated heterocycles. The highest BCUT2D eigenvalue weighted by atomic mass is 32.2. The molecule has 2 heterocycles. The summed E-state index contributed by atoms with van der Waals surface area (Å²) in [5, 5.41) is 18.4. The Morgan fingerprint density at radius 3 is 2.58 bits per heavy atom. The van der Waals surface area contributed by atoms with Gasteiger partial charge in [0.25, 0.3) is 0 Å². The molecule has 0 unspecified atom stereocenters. The maximum atomic E-state index is 9.37. The summed E-state index contributed by atoms with van der Waals surface area (Å²) in [5.74, 6) is 0.736. The summed E-state index contributed by atoms with van der Waals surface area (Å²) in [5.41, 5.74) is 2.51. The molecule has 7 heteroatoms. The summed E-state index contributed by atoms with van der Waals surface area (Å²) in [6.45, 7) is 5.89. The zero-order valence-corrected chi connectivity index (χ0v) is 12.6. The summed E-state index contributed by atoms with van der Waals surface area (Å²) in [4.78, 5) is 4.27. The van der Waals surface area contributed by atoms with Gasteiger partial charge in [-0.25, -0.2) is 4.98 Å². The number of aromatic nitrogens is 4. The van der Waals surface area contributed by atoms with Gasteiger partial charge < -0.3 is 0 Å². The van der Waals surface area contributed by atoms with E-state index in [0.717, 1.165) is 34.3 Å². The van der Waals surface area contributed by atoms with Crippen LogP contribution >= 0.6 is 23.3 Å². The molecule has 0 aliphatic carbocycles. The second-order valence-electron chi connectivity index (χ2n) is 3.83. The van der Waals surface area contributed by atoms with Crippen molar-refractivity contribution >= 4 is 23.3 Å². The van der Waals surface area contributed by atoms with E-state index >= 15 is 0 Å². The Labute approximate surface area is 120 Å². The molecule has 98 valence electrons. The van der Waals surface area contributed by atoms with Crippen molar-refractivity contribution < 1.29 is 0 Å². The minimum atomic E-state index is 0.618. The van der Waals surface area contributed by atoms with Gasteiger partial charge in [0.05, 0.1) is 11.3 Å². The molecule has 0 aromatic carbocycles. The van der Waals surface area contributed by atoms with Crippen molar-refractivity contribution in [2.24, 2.45) is 0 Å². The highest BCUT2D eigenvalue weighted by Crippen LogP contribution is 2.31. The maximum absolute atomic E-state index is 9.37. The van der Waals surface area contributed by atoms with Crippen LogP contribution in [0.4, 0.5) is 0 Å². The molecule has 0 aliphatic heterocycles. The molecule has 19 heavy (non-hydrogen) atoms. The van der Waals surface area contributed by atoms with Gasteiger partial charge in [-0.3, -0.25) is 0 Å². The standard InChI is InChI=1S/C12H13N5S2/c1-4-8-9(6-13)11(16-15-10(8)5-2)18-12-14-7(3)17-19-12/h4-5H2,1-3H3. The lowest BCUT2D eigenvalue weighted by molar-refractivity contribution is 0.817. The SMILES string of the molecule is CCc1nnc(Sc2nc(C)ns2)c(C#N)c1CC. The van der Waals surface area contributed by atoms with E-state index in [4.69, 9.17) is 0 Å². The van der Waals surface area contributed by atoms with Gasteiger partial charge in [0.15, 0.2) is 4.34 Å². The first-order valence-electron chi connectivity index (χ1n) is 5.96. The van der Waals surface area contributed by atoms with Gasteiger partial charge in [0.2, 0.25) is 0 Å². The van der Waals surface area contributed by atoms with Gasteiger partial charge in [-0.05, 0) is 48.6 Å². The number of rotatable bonds is 4. The van der Waals surface area contributed by atoms with Crippen LogP contribution in [0.2, 0.25) is 0 Å². The summed E-state index contributed by atoms with van der Waals surface area (Å²) in [6.07, 6.45) is 1.57. The van der Waals surface area contributed by atoms with Crippen molar-refractivity contribution in [1.82, 2.24) is 19.6 Å². The fourth-order valence-corrected chi connectivity index (χ4v) is 3.36. The number of hydrogen-bond acceptors (Lipinski definition) is 7. The van der Waals surface area contributed by atoms with Crippen LogP contribution in [0.3, 0.4) is 0 Å². The lowest BCUT2D eigenvalue weighted by Gasteiger charge is -2.08. The maximum Gasteiger partial charge on any atom is 0.176 e. The van der Waals surface area contributed by atoms with Crippen LogP contribution in [0.5, 0.6) is 0 Å². The first-order valence-corrected chi connectivity index (χ1v) is 7.55. The summed E-state index contributed by atoms with van der Waals surface area (Å²) < 4.78 is 4.91. The van der Waals surface area contributed by atoms with Crippen LogP contribution in [0.1, 0.15) is 36.5 Å². The predicted octanol–water partition coefficient (Wildman–Crippen LogP) is 2.78. The Bertz CT molecular complexity index is 630. The minimum absolute atomic E-state index is 0.618. The van der Waals surface area contributed by atoms with E-state index in [1.54, 1.807) is 0 Å². The second kappa shape index (κ2) is 6.08. The highest BCUT2D eigenvalue weighted by Gasteiger charge is 2.16. The molecule has 0 saturated carbocycles. The summed E-state index contributed by atoms with van der Waals surface area (Å²) >= 11 is 2.67. The van der Waals surface area contributed by atoms with Gasteiger partial charge in [-0.2, -0.15) is 14.7 Å². The van der Waals surface area contributed by atoms with Gasteiger partial charge in [-0.1, -0.05) is 13.8 Å². The Kier molecular flexibility index (Phi) is 4.45. The molecule has 0 bridgehead atoms. The number of nitriles is 1. The lowest BCUT2D eigenvalue weighted by Crippen LogP contribution is -2.04. The molecule has 2 rings (SSSR count). The van der Waals surface area contributed by atoms with Crippen molar-refractivity contribution in [1.29, 1.82) is 5.26 Å². The summed E-state index contributed by atoms with van der Waals surface area (Å²) in [7, 11) is 0. The predicted molar refractivity (Wildman–Crippen MR) is 74.3 cm³/mol. The minimum Gasteiger partial charge on any atom is -0.213 e. The molecule has 0 N–H and O–H groups in total. The Hall–Kier alpha value is -1.52. The van der Waals surface area contributed by atoms with E-state index in [1.165, 1.54) is 23.3 Å².